The summed E-state index contributed by atoms with van der Waals surface area (Å²) in [5, 5.41) is 9.58. The van der Waals surface area contributed by atoms with Gasteiger partial charge in [0.05, 0.1) is 11.3 Å². The van der Waals surface area contributed by atoms with E-state index in [1.807, 2.05) is 43.3 Å². The number of nitrogens with zero attached hydrogens (tertiary/aromatic N) is 1. The van der Waals surface area contributed by atoms with E-state index in [0.717, 1.165) is 22.3 Å². The van der Waals surface area contributed by atoms with E-state index >= 15 is 0 Å². The highest BCUT2D eigenvalue weighted by molar-refractivity contribution is 5.97. The van der Waals surface area contributed by atoms with Gasteiger partial charge in [-0.05, 0) is 59.5 Å². The average Bonchev–Trinajstić information content (AvgIpc) is 2.83. The number of carbonyl (C=O) groups is 2. The maximum absolute atomic E-state index is 11.7. The van der Waals surface area contributed by atoms with Crippen LogP contribution >= 0.6 is 24.8 Å². The van der Waals surface area contributed by atoms with E-state index in [1.54, 1.807) is 30.3 Å². The van der Waals surface area contributed by atoms with Gasteiger partial charge in [0.1, 0.15) is 12.0 Å². The molecule has 3 N–H and O–H groups in total. The third-order valence-electron chi connectivity index (χ3n) is 5.18. The third kappa shape index (κ3) is 6.45. The van der Waals surface area contributed by atoms with Crippen molar-refractivity contribution in [3.05, 3.63) is 101 Å². The molecule has 6 nitrogen and oxygen atoms in total. The Morgan fingerprint density at radius 2 is 1.74 bits per heavy atom. The highest BCUT2D eigenvalue weighted by Gasteiger charge is 2.15. The molecule has 4 rings (SSSR count). The first kappa shape index (κ1) is 27.5. The van der Waals surface area contributed by atoms with Crippen LogP contribution in [0.5, 0.6) is 11.6 Å². The zero-order chi connectivity index (χ0) is 23.4. The molecule has 0 spiro atoms. The number of hydrogen-bond donors (Lipinski definition) is 2. The number of benzene rings is 3. The number of aromatic nitrogens is 1. The van der Waals surface area contributed by atoms with Gasteiger partial charge in [-0.1, -0.05) is 42.5 Å². The van der Waals surface area contributed by atoms with Gasteiger partial charge in [0.15, 0.2) is 0 Å². The quantitative estimate of drug-likeness (QED) is 0.281. The Balaban J connectivity index is 0.00000216. The predicted molar refractivity (Wildman–Crippen MR) is 141 cm³/mol. The van der Waals surface area contributed by atoms with Gasteiger partial charge >= 0.3 is 5.97 Å². The largest absolute Gasteiger partial charge is 0.478 e. The van der Waals surface area contributed by atoms with Gasteiger partial charge in [0.2, 0.25) is 5.88 Å². The summed E-state index contributed by atoms with van der Waals surface area (Å²) in [4.78, 5) is 27.3. The predicted octanol–water partition coefficient (Wildman–Crippen LogP) is 6.33. The van der Waals surface area contributed by atoms with Crippen molar-refractivity contribution in [2.45, 2.75) is 13.5 Å². The number of carboxylic acids is 1. The molecule has 0 saturated heterocycles. The molecule has 4 aromatic rings. The van der Waals surface area contributed by atoms with Gasteiger partial charge in [-0.25, -0.2) is 9.78 Å². The maximum atomic E-state index is 11.7. The van der Waals surface area contributed by atoms with E-state index in [-0.39, 0.29) is 35.9 Å². The molecule has 180 valence electrons. The van der Waals surface area contributed by atoms with Crippen LogP contribution < -0.4 is 10.5 Å². The molecule has 0 aliphatic heterocycles. The van der Waals surface area contributed by atoms with Crippen molar-refractivity contribution in [2.24, 2.45) is 5.73 Å². The van der Waals surface area contributed by atoms with E-state index in [4.69, 9.17) is 10.5 Å². The van der Waals surface area contributed by atoms with E-state index in [2.05, 4.69) is 11.1 Å². The van der Waals surface area contributed by atoms with Crippen LogP contribution in [-0.4, -0.2) is 22.3 Å². The first-order valence-electron chi connectivity index (χ1n) is 10.4. The summed E-state index contributed by atoms with van der Waals surface area (Å²) < 4.78 is 6.05. The molecule has 0 saturated carbocycles. The summed E-state index contributed by atoms with van der Waals surface area (Å²) in [5.41, 5.74) is 11.0. The summed E-state index contributed by atoms with van der Waals surface area (Å²) in [6.45, 7) is 2.45. The Labute approximate surface area is 215 Å². The Kier molecular flexibility index (Phi) is 9.54. The lowest BCUT2D eigenvalue weighted by Crippen LogP contribution is -2.02. The van der Waals surface area contributed by atoms with Crippen LogP contribution in [0.15, 0.2) is 78.9 Å². The van der Waals surface area contributed by atoms with Crippen molar-refractivity contribution in [3.63, 3.8) is 0 Å². The molecule has 0 aliphatic carbocycles. The number of aromatic carboxylic acids is 1. The Morgan fingerprint density at radius 3 is 2.46 bits per heavy atom. The van der Waals surface area contributed by atoms with Crippen LogP contribution in [0.3, 0.4) is 0 Å². The number of halogens is 2. The van der Waals surface area contributed by atoms with Gasteiger partial charge in [-0.2, -0.15) is 0 Å². The van der Waals surface area contributed by atoms with E-state index in [9.17, 15) is 14.7 Å². The second-order valence-electron chi connectivity index (χ2n) is 7.63. The SMILES string of the molecule is Cc1cc(Oc2cccc(-c3ccc(C=O)cc3C(=O)O)n2)cc(-c2cccc(CN)c2)c1.Cl.Cl. The smallest absolute Gasteiger partial charge is 0.336 e. The van der Waals surface area contributed by atoms with Gasteiger partial charge in [0, 0.05) is 23.7 Å². The van der Waals surface area contributed by atoms with E-state index in [1.165, 1.54) is 6.07 Å². The van der Waals surface area contributed by atoms with Crippen LogP contribution in [0.1, 0.15) is 31.8 Å². The molecule has 1 aromatic heterocycles. The Hall–Kier alpha value is -3.71. The summed E-state index contributed by atoms with van der Waals surface area (Å²) in [7, 11) is 0. The molecule has 0 fully saturated rings. The second kappa shape index (κ2) is 12.1. The second-order valence-corrected chi connectivity index (χ2v) is 7.63. The van der Waals surface area contributed by atoms with Gasteiger partial charge in [0.25, 0.3) is 0 Å². The van der Waals surface area contributed by atoms with Gasteiger partial charge in [-0.3, -0.25) is 4.79 Å². The molecular formula is C27H24Cl2N2O4. The standard InChI is InChI=1S/C27H22N2O4.2ClH/c1-17-10-21(20-5-2-4-18(12-20)15-28)14-22(11-17)33-26-7-3-6-25(29-26)23-9-8-19(16-30)13-24(23)27(31)32;;/h2-14,16H,15,28H2,1H3,(H,31,32);2*1H. The fourth-order valence-corrected chi connectivity index (χ4v) is 3.63. The number of aryl methyl sites for hydroxylation is 1. The molecule has 35 heavy (non-hydrogen) atoms. The van der Waals surface area contributed by atoms with Crippen LogP contribution in [0.4, 0.5) is 0 Å². The molecule has 0 radical (unpaired) electrons. The Bertz CT molecular complexity index is 1360. The number of carbonyl (C=O) groups excluding carboxylic acids is 1. The molecule has 3 aromatic carbocycles. The maximum Gasteiger partial charge on any atom is 0.336 e. The van der Waals surface area contributed by atoms with E-state index < -0.39 is 5.97 Å². The molecule has 0 atom stereocenters. The van der Waals surface area contributed by atoms with Crippen LogP contribution in [0.25, 0.3) is 22.4 Å². The fraction of sp³-hybridized carbons (Fsp3) is 0.0741. The normalized spacial score (nSPS) is 10.0. The highest BCUT2D eigenvalue weighted by Crippen LogP contribution is 2.31. The lowest BCUT2D eigenvalue weighted by Gasteiger charge is -2.12. The first-order chi connectivity index (χ1) is 16.0. The molecule has 0 amide bonds. The van der Waals surface area contributed by atoms with Crippen molar-refractivity contribution in [2.75, 3.05) is 0 Å². The minimum Gasteiger partial charge on any atom is -0.478 e. The Morgan fingerprint density at radius 1 is 0.971 bits per heavy atom. The molecule has 0 aliphatic rings. The topological polar surface area (TPSA) is 103 Å². The number of ether oxygens (including phenoxy) is 1. The number of rotatable bonds is 7. The number of nitrogens with two attached hydrogens (primary N) is 1. The number of pyridine rings is 1. The molecule has 0 bridgehead atoms. The summed E-state index contributed by atoms with van der Waals surface area (Å²) >= 11 is 0. The van der Waals surface area contributed by atoms with Crippen molar-refractivity contribution < 1.29 is 19.4 Å². The minimum absolute atomic E-state index is 0. The number of aldehydes is 1. The van der Waals surface area contributed by atoms with Crippen LogP contribution in [0.2, 0.25) is 0 Å². The van der Waals surface area contributed by atoms with Crippen LogP contribution in [-0.2, 0) is 6.54 Å². The van der Waals surface area contributed by atoms with Crippen molar-refractivity contribution in [1.29, 1.82) is 0 Å². The first-order valence-corrected chi connectivity index (χ1v) is 10.4. The number of carboxylic acid groups (broad SMARTS) is 1. The minimum atomic E-state index is -1.13. The van der Waals surface area contributed by atoms with Crippen molar-refractivity contribution >= 4 is 37.1 Å². The molecule has 8 heteroatoms. The summed E-state index contributed by atoms with van der Waals surface area (Å²) in [6, 6.07) is 23.6. The monoisotopic (exact) mass is 510 g/mol. The van der Waals surface area contributed by atoms with E-state index in [0.29, 0.717) is 35.7 Å². The zero-order valence-electron chi connectivity index (χ0n) is 18.8. The lowest BCUT2D eigenvalue weighted by atomic mass is 10.0. The summed E-state index contributed by atoms with van der Waals surface area (Å²) in [5.74, 6) is -0.192. The van der Waals surface area contributed by atoms with Gasteiger partial charge in [-0.15, -0.1) is 24.8 Å². The van der Waals surface area contributed by atoms with Crippen molar-refractivity contribution in [1.82, 2.24) is 4.98 Å². The molecule has 0 unspecified atom stereocenters. The lowest BCUT2D eigenvalue weighted by molar-refractivity contribution is 0.0697. The molecular weight excluding hydrogens is 487 g/mol. The van der Waals surface area contributed by atoms with Crippen molar-refractivity contribution in [3.8, 4) is 34.0 Å². The van der Waals surface area contributed by atoms with Gasteiger partial charge < -0.3 is 15.6 Å². The average molecular weight is 511 g/mol. The molecule has 1 heterocycles. The van der Waals surface area contributed by atoms with Crippen LogP contribution in [0, 0.1) is 6.92 Å². The summed E-state index contributed by atoms with van der Waals surface area (Å²) in [6.07, 6.45) is 0.613. The fourth-order valence-electron chi connectivity index (χ4n) is 3.63. The third-order valence-corrected chi connectivity index (χ3v) is 5.18. The number of hydrogen-bond acceptors (Lipinski definition) is 5. The highest BCUT2D eigenvalue weighted by atomic mass is 35.5. The zero-order valence-corrected chi connectivity index (χ0v) is 20.4.